The Morgan fingerprint density at radius 2 is 1.94 bits per heavy atom. The van der Waals surface area contributed by atoms with Crippen LogP contribution in [0.4, 0.5) is 10.2 Å². The predicted molar refractivity (Wildman–Crippen MR) is 123 cm³/mol. The lowest BCUT2D eigenvalue weighted by Crippen LogP contribution is -2.47. The summed E-state index contributed by atoms with van der Waals surface area (Å²) in [7, 11) is 0. The number of fused-ring (bicyclic) bond motifs is 4. The van der Waals surface area contributed by atoms with Crippen molar-refractivity contribution in [2.75, 3.05) is 5.32 Å². The van der Waals surface area contributed by atoms with Gasteiger partial charge in [0.2, 0.25) is 0 Å². The van der Waals surface area contributed by atoms with E-state index in [-0.39, 0.29) is 22.7 Å². The Hall–Kier alpha value is -2.65. The number of aromatic amines is 1. The second-order valence-electron chi connectivity index (χ2n) is 8.69. The average molecular weight is 470 g/mol. The standard InChI is InChI=1S/C22H21ClFN7S/c1-10-11-2-4-12(5-3-11)16(10)29-20-15(24)18(22-25-6-7-32-22)30-19(31-20)13-8-26-21-17(13)28-14(23)9-27-21/h6-12,16H,2-5H2,1H3,(H,26,27)(H,29,30,31)/t10-,11?,12?,16+/m0/s1. The first-order valence-electron chi connectivity index (χ1n) is 10.8. The summed E-state index contributed by atoms with van der Waals surface area (Å²) in [6.07, 6.45) is 9.75. The quantitative estimate of drug-likeness (QED) is 0.406. The molecule has 2 bridgehead atoms. The minimum Gasteiger partial charge on any atom is -0.364 e. The van der Waals surface area contributed by atoms with Gasteiger partial charge in [-0.2, -0.15) is 0 Å². The van der Waals surface area contributed by atoms with Crippen LogP contribution in [0.15, 0.2) is 24.0 Å². The first-order chi connectivity index (χ1) is 15.6. The minimum absolute atomic E-state index is 0.186. The maximum atomic E-state index is 15.7. The first-order valence-corrected chi connectivity index (χ1v) is 12.1. The highest BCUT2D eigenvalue weighted by Crippen LogP contribution is 2.46. The van der Waals surface area contributed by atoms with Crippen molar-refractivity contribution >= 4 is 39.9 Å². The van der Waals surface area contributed by atoms with Gasteiger partial charge in [-0.05, 0) is 43.4 Å². The second-order valence-corrected chi connectivity index (χ2v) is 9.97. The molecule has 0 aliphatic heterocycles. The number of hydrogen-bond donors (Lipinski definition) is 2. The van der Waals surface area contributed by atoms with Crippen molar-refractivity contribution in [3.05, 3.63) is 34.9 Å². The topological polar surface area (TPSA) is 92.3 Å². The summed E-state index contributed by atoms with van der Waals surface area (Å²) in [5.74, 6) is 1.80. The Morgan fingerprint density at radius 1 is 1.12 bits per heavy atom. The molecule has 164 valence electrons. The van der Waals surface area contributed by atoms with Crippen molar-refractivity contribution < 1.29 is 4.39 Å². The van der Waals surface area contributed by atoms with Gasteiger partial charge in [-0.1, -0.05) is 18.5 Å². The van der Waals surface area contributed by atoms with Crippen molar-refractivity contribution in [3.63, 3.8) is 0 Å². The molecule has 4 aromatic rings. The Balaban J connectivity index is 1.48. The molecule has 2 atom stereocenters. The fourth-order valence-corrected chi connectivity index (χ4v) is 6.10. The maximum absolute atomic E-state index is 15.7. The summed E-state index contributed by atoms with van der Waals surface area (Å²) >= 11 is 7.42. The zero-order chi connectivity index (χ0) is 21.8. The van der Waals surface area contributed by atoms with Gasteiger partial charge in [0.15, 0.2) is 23.1 Å². The normalized spacial score (nSPS) is 24.8. The lowest BCUT2D eigenvalue weighted by molar-refractivity contribution is 0.0926. The molecule has 3 fully saturated rings. The van der Waals surface area contributed by atoms with Gasteiger partial charge in [-0.15, -0.1) is 11.3 Å². The van der Waals surface area contributed by atoms with Gasteiger partial charge in [0, 0.05) is 23.8 Å². The molecule has 3 aliphatic carbocycles. The van der Waals surface area contributed by atoms with Crippen molar-refractivity contribution in [2.24, 2.45) is 17.8 Å². The summed E-state index contributed by atoms with van der Waals surface area (Å²) in [6, 6.07) is 0.195. The van der Waals surface area contributed by atoms with E-state index in [0.717, 1.165) is 0 Å². The van der Waals surface area contributed by atoms with Crippen LogP contribution in [0, 0.1) is 23.6 Å². The molecular weight excluding hydrogens is 449 g/mol. The molecule has 4 aromatic heterocycles. The van der Waals surface area contributed by atoms with E-state index >= 15 is 4.39 Å². The zero-order valence-corrected chi connectivity index (χ0v) is 18.9. The number of anilines is 1. The molecule has 10 heteroatoms. The average Bonchev–Trinajstić information content (AvgIpc) is 3.48. The SMILES string of the molecule is C[C@H]1C2CCC(CC2)[C@@H]1Nc1nc(-c2c[nH]c3ncc(Cl)nc23)nc(-c2nccs2)c1F. The number of nitrogens with one attached hydrogen (secondary N) is 2. The summed E-state index contributed by atoms with van der Waals surface area (Å²) in [6.45, 7) is 2.27. The second kappa shape index (κ2) is 7.74. The van der Waals surface area contributed by atoms with Crippen LogP contribution in [-0.2, 0) is 0 Å². The van der Waals surface area contributed by atoms with Crippen LogP contribution in [0.25, 0.3) is 33.3 Å². The molecule has 0 aromatic carbocycles. The molecule has 4 heterocycles. The third-order valence-electron chi connectivity index (χ3n) is 7.02. The third kappa shape index (κ3) is 3.26. The Kier molecular flexibility index (Phi) is 4.83. The van der Waals surface area contributed by atoms with Crippen LogP contribution in [0.3, 0.4) is 0 Å². The monoisotopic (exact) mass is 469 g/mol. The van der Waals surface area contributed by atoms with Crippen LogP contribution in [0.5, 0.6) is 0 Å². The first kappa shape index (κ1) is 20.0. The van der Waals surface area contributed by atoms with Gasteiger partial charge in [0.1, 0.15) is 21.4 Å². The van der Waals surface area contributed by atoms with E-state index in [0.29, 0.717) is 45.3 Å². The van der Waals surface area contributed by atoms with E-state index in [1.165, 1.54) is 43.2 Å². The van der Waals surface area contributed by atoms with Gasteiger partial charge >= 0.3 is 0 Å². The van der Waals surface area contributed by atoms with E-state index < -0.39 is 5.82 Å². The molecule has 32 heavy (non-hydrogen) atoms. The number of aromatic nitrogens is 6. The predicted octanol–water partition coefficient (Wildman–Crippen LogP) is 5.57. The number of thiazole rings is 1. The van der Waals surface area contributed by atoms with Crippen LogP contribution >= 0.6 is 22.9 Å². The van der Waals surface area contributed by atoms with E-state index in [9.17, 15) is 0 Å². The van der Waals surface area contributed by atoms with Gasteiger partial charge in [-0.3, -0.25) is 0 Å². The molecule has 0 unspecified atom stereocenters. The van der Waals surface area contributed by atoms with Crippen molar-refractivity contribution in [3.8, 4) is 22.1 Å². The van der Waals surface area contributed by atoms with Gasteiger partial charge in [0.05, 0.1) is 11.8 Å². The molecule has 3 aliphatic rings. The number of nitrogens with zero attached hydrogens (tertiary/aromatic N) is 5. The number of halogens is 2. The largest absolute Gasteiger partial charge is 0.364 e. The number of hydrogen-bond acceptors (Lipinski definition) is 7. The maximum Gasteiger partial charge on any atom is 0.194 e. The molecule has 0 spiro atoms. The van der Waals surface area contributed by atoms with E-state index in [1.54, 1.807) is 12.4 Å². The number of H-pyrrole nitrogens is 1. The Bertz CT molecular complexity index is 1280. The highest BCUT2D eigenvalue weighted by Gasteiger charge is 2.41. The third-order valence-corrected chi connectivity index (χ3v) is 7.98. The summed E-state index contributed by atoms with van der Waals surface area (Å²) in [5, 5.41) is 6.06. The molecule has 3 saturated carbocycles. The van der Waals surface area contributed by atoms with E-state index in [1.807, 2.05) is 5.38 Å². The van der Waals surface area contributed by atoms with Gasteiger partial charge in [-0.25, -0.2) is 29.3 Å². The van der Waals surface area contributed by atoms with Crippen LogP contribution < -0.4 is 5.32 Å². The summed E-state index contributed by atoms with van der Waals surface area (Å²) < 4.78 is 15.7. The molecule has 0 radical (unpaired) electrons. The Labute approximate surface area is 192 Å². The molecule has 7 rings (SSSR count). The van der Waals surface area contributed by atoms with Crippen molar-refractivity contribution in [1.82, 2.24) is 29.9 Å². The van der Waals surface area contributed by atoms with Crippen LogP contribution in [0.2, 0.25) is 5.15 Å². The van der Waals surface area contributed by atoms with E-state index in [2.05, 4.69) is 42.1 Å². The highest BCUT2D eigenvalue weighted by molar-refractivity contribution is 7.13. The fourth-order valence-electron chi connectivity index (χ4n) is 5.35. The Morgan fingerprint density at radius 3 is 2.69 bits per heavy atom. The summed E-state index contributed by atoms with van der Waals surface area (Å²) in [5.41, 5.74) is 1.92. The smallest absolute Gasteiger partial charge is 0.194 e. The number of rotatable bonds is 4. The molecule has 0 amide bonds. The lowest BCUT2D eigenvalue weighted by atomic mass is 9.62. The fraction of sp³-hybridized carbons (Fsp3) is 0.409. The van der Waals surface area contributed by atoms with Crippen molar-refractivity contribution in [1.29, 1.82) is 0 Å². The molecular formula is C22H21ClFN7S. The molecule has 2 N–H and O–H groups in total. The zero-order valence-electron chi connectivity index (χ0n) is 17.3. The van der Waals surface area contributed by atoms with Crippen LogP contribution in [0.1, 0.15) is 32.6 Å². The van der Waals surface area contributed by atoms with Gasteiger partial charge in [0.25, 0.3) is 0 Å². The van der Waals surface area contributed by atoms with Crippen molar-refractivity contribution in [2.45, 2.75) is 38.6 Å². The van der Waals surface area contributed by atoms with Gasteiger partial charge < -0.3 is 10.3 Å². The minimum atomic E-state index is -0.471. The van der Waals surface area contributed by atoms with Crippen LogP contribution in [-0.4, -0.2) is 35.9 Å². The molecule has 7 nitrogen and oxygen atoms in total. The highest BCUT2D eigenvalue weighted by atomic mass is 35.5. The lowest BCUT2D eigenvalue weighted by Gasteiger charge is -2.47. The summed E-state index contributed by atoms with van der Waals surface area (Å²) in [4.78, 5) is 25.2. The van der Waals surface area contributed by atoms with E-state index in [4.69, 9.17) is 11.6 Å². The molecule has 0 saturated heterocycles.